The summed E-state index contributed by atoms with van der Waals surface area (Å²) in [5.74, 6) is -2.66. The molecule has 6 atom stereocenters. The average Bonchev–Trinajstić information content (AvgIpc) is 3.17. The Hall–Kier alpha value is -2.62. The number of rotatable bonds is 6. The van der Waals surface area contributed by atoms with Crippen LogP contribution < -0.4 is 0 Å². The van der Waals surface area contributed by atoms with E-state index in [0.717, 1.165) is 6.08 Å². The third-order valence-electron chi connectivity index (χ3n) is 5.04. The zero-order valence-corrected chi connectivity index (χ0v) is 13.0. The van der Waals surface area contributed by atoms with Gasteiger partial charge in [-0.3, -0.25) is 4.79 Å². The van der Waals surface area contributed by atoms with Gasteiger partial charge in [0.25, 0.3) is 0 Å². The molecule has 7 heteroatoms. The van der Waals surface area contributed by atoms with Gasteiger partial charge in [-0.25, -0.2) is 9.59 Å². The van der Waals surface area contributed by atoms with E-state index in [4.69, 9.17) is 14.2 Å². The van der Waals surface area contributed by atoms with Gasteiger partial charge in [-0.2, -0.15) is 5.26 Å². The molecule has 0 aromatic rings. The minimum atomic E-state index is -0.626. The number of carbonyl (C=O) groups is 3. The Bertz CT molecular complexity index is 662. The van der Waals surface area contributed by atoms with Crippen molar-refractivity contribution in [3.8, 4) is 6.07 Å². The highest BCUT2D eigenvalue weighted by atomic mass is 16.6. The van der Waals surface area contributed by atoms with Gasteiger partial charge in [-0.05, 0) is 6.42 Å². The lowest BCUT2D eigenvalue weighted by molar-refractivity contribution is -0.158. The van der Waals surface area contributed by atoms with E-state index in [2.05, 4.69) is 19.2 Å². The number of nitriles is 1. The Balaban J connectivity index is 1.58. The third-order valence-corrected chi connectivity index (χ3v) is 5.04. The van der Waals surface area contributed by atoms with E-state index in [1.54, 1.807) is 0 Å². The van der Waals surface area contributed by atoms with Crippen LogP contribution in [0.4, 0.5) is 0 Å². The molecule has 2 saturated carbocycles. The largest absolute Gasteiger partial charge is 0.462 e. The predicted molar refractivity (Wildman–Crippen MR) is 78.9 cm³/mol. The summed E-state index contributed by atoms with van der Waals surface area (Å²) >= 11 is 0. The van der Waals surface area contributed by atoms with Crippen LogP contribution in [0, 0.1) is 35.0 Å². The molecule has 3 fully saturated rings. The van der Waals surface area contributed by atoms with Crippen LogP contribution in [-0.4, -0.2) is 36.7 Å². The van der Waals surface area contributed by atoms with Gasteiger partial charge in [0.1, 0.15) is 12.2 Å². The smallest absolute Gasteiger partial charge is 0.333 e. The first-order chi connectivity index (χ1) is 11.5. The first-order valence-electron chi connectivity index (χ1n) is 7.76. The van der Waals surface area contributed by atoms with Crippen LogP contribution >= 0.6 is 0 Å². The summed E-state index contributed by atoms with van der Waals surface area (Å²) in [6.07, 6.45) is 0.743. The minimum absolute atomic E-state index is 0.00316. The van der Waals surface area contributed by atoms with Crippen LogP contribution in [0.25, 0.3) is 0 Å². The molecule has 2 aliphatic carbocycles. The molecule has 0 amide bonds. The van der Waals surface area contributed by atoms with E-state index in [-0.39, 0.29) is 42.3 Å². The zero-order chi connectivity index (χ0) is 17.4. The molecule has 3 aliphatic rings. The van der Waals surface area contributed by atoms with Crippen LogP contribution in [0.15, 0.2) is 24.8 Å². The predicted octanol–water partition coefficient (Wildman–Crippen LogP) is 0.905. The van der Waals surface area contributed by atoms with Crippen molar-refractivity contribution in [1.29, 1.82) is 5.26 Å². The number of esters is 3. The van der Waals surface area contributed by atoms with Gasteiger partial charge in [-0.1, -0.05) is 13.2 Å². The fourth-order valence-electron chi connectivity index (χ4n) is 3.97. The van der Waals surface area contributed by atoms with Crippen molar-refractivity contribution in [1.82, 2.24) is 0 Å². The van der Waals surface area contributed by atoms with Crippen molar-refractivity contribution in [2.24, 2.45) is 23.7 Å². The molecular weight excluding hydrogens is 314 g/mol. The topological polar surface area (TPSA) is 103 Å². The molecule has 1 aliphatic heterocycles. The molecule has 0 aromatic heterocycles. The summed E-state index contributed by atoms with van der Waals surface area (Å²) < 4.78 is 15.6. The summed E-state index contributed by atoms with van der Waals surface area (Å²) in [5.41, 5.74) is 0.156. The van der Waals surface area contributed by atoms with Gasteiger partial charge < -0.3 is 14.2 Å². The number of nitrogens with zero attached hydrogens (tertiary/aromatic N) is 1. The summed E-state index contributed by atoms with van der Waals surface area (Å²) in [6, 6.07) is 2.16. The van der Waals surface area contributed by atoms with Crippen LogP contribution in [0.2, 0.25) is 0 Å². The summed E-state index contributed by atoms with van der Waals surface area (Å²) in [6.45, 7) is 6.90. The molecule has 24 heavy (non-hydrogen) atoms. The van der Waals surface area contributed by atoms with Gasteiger partial charge in [-0.15, -0.1) is 0 Å². The fourth-order valence-corrected chi connectivity index (χ4v) is 3.97. The zero-order valence-electron chi connectivity index (χ0n) is 13.0. The van der Waals surface area contributed by atoms with Crippen molar-refractivity contribution in [2.75, 3.05) is 6.61 Å². The number of hydrogen-bond acceptors (Lipinski definition) is 7. The average molecular weight is 331 g/mol. The minimum Gasteiger partial charge on any atom is -0.462 e. The van der Waals surface area contributed by atoms with E-state index in [1.165, 1.54) is 0 Å². The second kappa shape index (κ2) is 6.11. The molecule has 0 radical (unpaired) electrons. The van der Waals surface area contributed by atoms with Gasteiger partial charge in [0.15, 0.2) is 0 Å². The quantitative estimate of drug-likeness (QED) is 0.405. The molecule has 0 spiro atoms. The lowest BCUT2D eigenvalue weighted by Crippen LogP contribution is -2.40. The Morgan fingerprint density at radius 1 is 1.42 bits per heavy atom. The Morgan fingerprint density at radius 3 is 2.83 bits per heavy atom. The highest BCUT2D eigenvalue weighted by molar-refractivity contribution is 5.88. The number of carbonyl (C=O) groups excluding carboxylic acids is 3. The van der Waals surface area contributed by atoms with Gasteiger partial charge in [0.05, 0.1) is 24.5 Å². The third kappa shape index (κ3) is 2.48. The van der Waals surface area contributed by atoms with Crippen LogP contribution in [0.3, 0.4) is 0 Å². The fraction of sp³-hybridized carbons (Fsp3) is 0.529. The van der Waals surface area contributed by atoms with Crippen LogP contribution in [-0.2, 0) is 28.6 Å². The maximum absolute atomic E-state index is 12.2. The van der Waals surface area contributed by atoms with Crippen molar-refractivity contribution in [3.63, 3.8) is 0 Å². The van der Waals surface area contributed by atoms with Gasteiger partial charge >= 0.3 is 17.9 Å². The van der Waals surface area contributed by atoms with E-state index < -0.39 is 30.1 Å². The second-order valence-electron chi connectivity index (χ2n) is 6.24. The molecule has 0 N–H and O–H groups in total. The SMILES string of the molecule is C=CC(=O)OCCC(=C)C(=O)OC1C2CC3C1OC(=O)C3C2C#N. The van der Waals surface area contributed by atoms with Crippen molar-refractivity contribution in [2.45, 2.75) is 25.0 Å². The summed E-state index contributed by atoms with van der Waals surface area (Å²) in [7, 11) is 0. The number of fused-ring (bicyclic) bond motifs is 1. The molecule has 7 nitrogen and oxygen atoms in total. The number of hydrogen-bond donors (Lipinski definition) is 0. The van der Waals surface area contributed by atoms with E-state index in [0.29, 0.717) is 6.42 Å². The van der Waals surface area contributed by atoms with E-state index in [1.807, 2.05) is 0 Å². The molecule has 6 unspecified atom stereocenters. The van der Waals surface area contributed by atoms with E-state index in [9.17, 15) is 19.6 Å². The first kappa shape index (κ1) is 16.2. The van der Waals surface area contributed by atoms with Crippen molar-refractivity contribution < 1.29 is 28.6 Å². The van der Waals surface area contributed by atoms with Crippen molar-refractivity contribution >= 4 is 17.9 Å². The standard InChI is InChI=1S/C17H17NO6/c1-3-12(19)22-5-4-8(2)16(20)23-14-9-6-10-13(11(9)7-18)17(21)24-15(10)14/h3,9-11,13-15H,1-2,4-6H2. The van der Waals surface area contributed by atoms with Crippen LogP contribution in [0.1, 0.15) is 12.8 Å². The normalized spacial score (nSPS) is 35.0. The summed E-state index contributed by atoms with van der Waals surface area (Å²) in [4.78, 5) is 35.0. The Morgan fingerprint density at radius 2 is 2.17 bits per heavy atom. The van der Waals surface area contributed by atoms with Crippen molar-refractivity contribution in [3.05, 3.63) is 24.8 Å². The highest BCUT2D eigenvalue weighted by Crippen LogP contribution is 2.58. The molecule has 2 bridgehead atoms. The molecule has 1 heterocycles. The Kier molecular flexibility index (Phi) is 4.14. The van der Waals surface area contributed by atoms with Gasteiger partial charge in [0.2, 0.25) is 0 Å². The molecule has 126 valence electrons. The second-order valence-corrected chi connectivity index (χ2v) is 6.24. The maximum atomic E-state index is 12.2. The molecule has 3 rings (SSSR count). The molecular formula is C17H17NO6. The van der Waals surface area contributed by atoms with E-state index >= 15 is 0 Å². The van der Waals surface area contributed by atoms with Crippen LogP contribution in [0.5, 0.6) is 0 Å². The molecule has 0 aromatic carbocycles. The lowest BCUT2D eigenvalue weighted by atomic mass is 9.79. The monoisotopic (exact) mass is 331 g/mol. The van der Waals surface area contributed by atoms with Gasteiger partial charge in [0, 0.05) is 29.9 Å². The summed E-state index contributed by atoms with van der Waals surface area (Å²) in [5, 5.41) is 9.31. The first-order valence-corrected chi connectivity index (χ1v) is 7.76. The highest BCUT2D eigenvalue weighted by Gasteiger charge is 2.68. The lowest BCUT2D eigenvalue weighted by Gasteiger charge is -2.28. The maximum Gasteiger partial charge on any atom is 0.333 e. The number of ether oxygens (including phenoxy) is 3. The Labute approximate surface area is 138 Å². The molecule has 1 saturated heterocycles.